The van der Waals surface area contributed by atoms with Crippen molar-refractivity contribution in [2.24, 2.45) is 10.1 Å². The number of benzene rings is 2. The number of nitro groups is 1. The fraction of sp³-hybridized carbons (Fsp3) is 0.286. The van der Waals surface area contributed by atoms with Crippen LogP contribution in [0.4, 0.5) is 5.69 Å². The van der Waals surface area contributed by atoms with Crippen LogP contribution in [-0.4, -0.2) is 33.6 Å². The smallest absolute Gasteiger partial charge is 0.280 e. The van der Waals surface area contributed by atoms with E-state index in [4.69, 9.17) is 14.5 Å². The van der Waals surface area contributed by atoms with E-state index in [1.165, 1.54) is 22.8 Å². The Bertz CT molecular complexity index is 1280. The highest BCUT2D eigenvalue weighted by atomic mass is 32.2. The number of nitrogens with one attached hydrogen (secondary N) is 1. The summed E-state index contributed by atoms with van der Waals surface area (Å²) in [4.78, 5) is 29.3. The van der Waals surface area contributed by atoms with Gasteiger partial charge in [-0.15, -0.1) is 5.10 Å². The third-order valence-corrected chi connectivity index (χ3v) is 6.20. The van der Waals surface area contributed by atoms with E-state index < -0.39 is 11.1 Å². The maximum Gasteiger partial charge on any atom is 0.280 e. The third-order valence-electron chi connectivity index (χ3n) is 5.25. The minimum Gasteiger partial charge on any atom is -0.454 e. The van der Waals surface area contributed by atoms with Gasteiger partial charge >= 0.3 is 0 Å². The van der Waals surface area contributed by atoms with Gasteiger partial charge in [-0.05, 0) is 18.6 Å². The van der Waals surface area contributed by atoms with Gasteiger partial charge in [0.15, 0.2) is 22.8 Å². The number of thioether (sulfide) groups is 1. The number of para-hydroxylation sites is 1. The Labute approximate surface area is 186 Å². The minimum atomic E-state index is -0.914. The van der Waals surface area contributed by atoms with Crippen molar-refractivity contribution in [3.63, 3.8) is 0 Å². The van der Waals surface area contributed by atoms with Gasteiger partial charge in [0.25, 0.3) is 11.6 Å². The van der Waals surface area contributed by atoms with E-state index in [1.54, 1.807) is 24.3 Å². The number of ether oxygens (including phenoxy) is 2. The molecule has 11 heteroatoms. The monoisotopic (exact) mass is 453 g/mol. The molecule has 1 N–H and O–H groups in total. The number of amidine groups is 1. The van der Waals surface area contributed by atoms with E-state index in [-0.39, 0.29) is 24.0 Å². The molecule has 3 heterocycles. The zero-order valence-electron chi connectivity index (χ0n) is 17.1. The molecule has 0 saturated heterocycles. The number of hydrogen-bond donors (Lipinski definition) is 1. The molecule has 5 rings (SSSR count). The van der Waals surface area contributed by atoms with E-state index in [1.807, 2.05) is 6.07 Å². The average molecular weight is 453 g/mol. The molecule has 2 aromatic carbocycles. The van der Waals surface area contributed by atoms with E-state index >= 15 is 0 Å². The third kappa shape index (κ3) is 3.44. The predicted octanol–water partition coefficient (Wildman–Crippen LogP) is 2.00. The second-order valence-electron chi connectivity index (χ2n) is 7.30. The van der Waals surface area contributed by atoms with E-state index in [0.717, 1.165) is 18.6 Å². The normalized spacial score (nSPS) is 18.3. The second kappa shape index (κ2) is 8.15. The van der Waals surface area contributed by atoms with Crippen LogP contribution in [0.5, 0.6) is 11.5 Å². The molecular formula is C21H19N5O5S. The van der Waals surface area contributed by atoms with Crippen LogP contribution in [-0.2, 0) is 4.79 Å². The summed E-state index contributed by atoms with van der Waals surface area (Å²) in [5, 5.41) is 22.5. The molecule has 1 atom stereocenters. The molecule has 1 unspecified atom stereocenters. The minimum absolute atomic E-state index is 0.0134. The van der Waals surface area contributed by atoms with Crippen LogP contribution in [0.25, 0.3) is 5.70 Å². The largest absolute Gasteiger partial charge is 0.454 e. The zero-order chi connectivity index (χ0) is 22.2. The average Bonchev–Trinajstić information content (AvgIpc) is 3.25. The molecule has 0 spiro atoms. The predicted molar refractivity (Wildman–Crippen MR) is 117 cm³/mol. The zero-order valence-corrected chi connectivity index (χ0v) is 17.9. The van der Waals surface area contributed by atoms with Crippen molar-refractivity contribution in [2.45, 2.75) is 25.9 Å². The summed E-state index contributed by atoms with van der Waals surface area (Å²) in [7, 11) is 0. The lowest BCUT2D eigenvalue weighted by molar-refractivity contribution is -0.386. The van der Waals surface area contributed by atoms with Crippen LogP contribution in [0.3, 0.4) is 0 Å². The first-order valence-corrected chi connectivity index (χ1v) is 11.1. The van der Waals surface area contributed by atoms with Crippen LogP contribution in [0.15, 0.2) is 46.5 Å². The quantitative estimate of drug-likeness (QED) is 0.418. The van der Waals surface area contributed by atoms with E-state index in [0.29, 0.717) is 32.9 Å². The van der Waals surface area contributed by atoms with Gasteiger partial charge in [-0.1, -0.05) is 43.3 Å². The van der Waals surface area contributed by atoms with Crippen LogP contribution >= 0.6 is 11.8 Å². The molecule has 164 valence electrons. The van der Waals surface area contributed by atoms with Crippen molar-refractivity contribution in [1.82, 2.24) is 10.3 Å². The maximum absolute atomic E-state index is 13.1. The van der Waals surface area contributed by atoms with Crippen molar-refractivity contribution in [3.05, 3.63) is 62.7 Å². The number of carbonyl (C=O) groups excluding carboxylic acids is 1. The topological polar surface area (TPSA) is 119 Å². The lowest BCUT2D eigenvalue weighted by Gasteiger charge is -2.33. The van der Waals surface area contributed by atoms with Crippen LogP contribution in [0.2, 0.25) is 0 Å². The van der Waals surface area contributed by atoms with Gasteiger partial charge in [-0.2, -0.15) is 0 Å². The Morgan fingerprint density at radius 3 is 2.84 bits per heavy atom. The Morgan fingerprint density at radius 2 is 2.06 bits per heavy atom. The van der Waals surface area contributed by atoms with Crippen molar-refractivity contribution in [3.8, 4) is 11.5 Å². The molecule has 3 aliphatic heterocycles. The molecule has 0 radical (unpaired) electrons. The number of amides is 1. The van der Waals surface area contributed by atoms with Gasteiger partial charge in [0.1, 0.15) is 5.70 Å². The van der Waals surface area contributed by atoms with Crippen LogP contribution in [0.1, 0.15) is 31.5 Å². The first kappa shape index (κ1) is 20.3. The summed E-state index contributed by atoms with van der Waals surface area (Å²) < 4.78 is 10.8. The van der Waals surface area contributed by atoms with E-state index in [2.05, 4.69) is 17.3 Å². The summed E-state index contributed by atoms with van der Waals surface area (Å²) in [5.74, 6) is 1.16. The fourth-order valence-electron chi connectivity index (χ4n) is 3.72. The molecule has 0 aliphatic carbocycles. The first-order valence-electron chi connectivity index (χ1n) is 10.1. The van der Waals surface area contributed by atoms with Crippen molar-refractivity contribution in [1.29, 1.82) is 0 Å². The maximum atomic E-state index is 13.1. The van der Waals surface area contributed by atoms with E-state index in [9.17, 15) is 14.9 Å². The SMILES string of the molecule is CCCCSC1=NN2C(=c3ccccc3=NC2c2cc3c(cc2[N+](=O)[O-])OCO3)C(=O)N1. The van der Waals surface area contributed by atoms with Crippen molar-refractivity contribution >= 4 is 34.2 Å². The van der Waals surface area contributed by atoms with Gasteiger partial charge in [0.05, 0.1) is 21.9 Å². The Balaban J connectivity index is 1.69. The highest BCUT2D eigenvalue weighted by Crippen LogP contribution is 2.43. The standard InChI is InChI=1S/C21H19N5O5S/c1-2-3-8-32-21-23-20(27)18-12-6-4-5-7-14(12)22-19(25(18)24-21)13-9-16-17(31-11-30-16)10-15(13)26(28)29/h4-7,9-10,19H,2-3,8,11H2,1H3,(H,23,24,27). The molecule has 0 fully saturated rings. The molecule has 0 aromatic heterocycles. The lowest BCUT2D eigenvalue weighted by atomic mass is 10.1. The molecule has 10 nitrogen and oxygen atoms in total. The molecule has 32 heavy (non-hydrogen) atoms. The van der Waals surface area contributed by atoms with Gasteiger partial charge < -0.3 is 9.47 Å². The molecule has 0 saturated carbocycles. The summed E-state index contributed by atoms with van der Waals surface area (Å²) in [6, 6.07) is 10.1. The second-order valence-corrected chi connectivity index (χ2v) is 8.38. The summed E-state index contributed by atoms with van der Waals surface area (Å²) >= 11 is 1.43. The Kier molecular flexibility index (Phi) is 5.17. The molecule has 1 amide bonds. The number of fused-ring (bicyclic) bond motifs is 3. The highest BCUT2D eigenvalue weighted by Gasteiger charge is 2.38. The fourth-order valence-corrected chi connectivity index (χ4v) is 4.66. The lowest BCUT2D eigenvalue weighted by Crippen LogP contribution is -2.50. The van der Waals surface area contributed by atoms with Gasteiger partial charge in [0.2, 0.25) is 6.79 Å². The van der Waals surface area contributed by atoms with Gasteiger partial charge in [-0.25, -0.2) is 5.01 Å². The number of unbranched alkanes of at least 4 members (excludes halogenated alkanes) is 1. The summed E-state index contributed by atoms with van der Waals surface area (Å²) in [6.45, 7) is 2.07. The number of carbonyl (C=O) groups is 1. The van der Waals surface area contributed by atoms with Crippen LogP contribution < -0.4 is 25.4 Å². The van der Waals surface area contributed by atoms with Gasteiger partial charge in [0, 0.05) is 11.0 Å². The Morgan fingerprint density at radius 1 is 1.28 bits per heavy atom. The molecule has 3 aliphatic rings. The first-order chi connectivity index (χ1) is 15.6. The summed E-state index contributed by atoms with van der Waals surface area (Å²) in [5.41, 5.74) is 0.387. The molecule has 0 bridgehead atoms. The number of rotatable bonds is 5. The highest BCUT2D eigenvalue weighted by molar-refractivity contribution is 8.13. The molecule has 2 aromatic rings. The Hall–Kier alpha value is -3.60. The van der Waals surface area contributed by atoms with Gasteiger partial charge in [-0.3, -0.25) is 25.2 Å². The summed E-state index contributed by atoms with van der Waals surface area (Å²) in [6.07, 6.45) is 1.08. The van der Waals surface area contributed by atoms with Crippen molar-refractivity contribution in [2.75, 3.05) is 12.5 Å². The van der Waals surface area contributed by atoms with Crippen molar-refractivity contribution < 1.29 is 19.2 Å². The number of nitrogens with zero attached hydrogens (tertiary/aromatic N) is 4. The number of nitro benzene ring substituents is 1. The molecular weight excluding hydrogens is 434 g/mol. The number of hydrogen-bond acceptors (Lipinski definition) is 9. The van der Waals surface area contributed by atoms with Crippen LogP contribution in [0, 0.1) is 10.1 Å². The number of hydrazone groups is 1.